The molecule has 7 nitrogen and oxygen atoms in total. The first-order valence-electron chi connectivity index (χ1n) is 5.99. The van der Waals surface area contributed by atoms with Crippen LogP contribution in [0.1, 0.15) is 11.3 Å². The number of nitrogens with one attached hydrogen (secondary N) is 1. The van der Waals surface area contributed by atoms with Gasteiger partial charge in [-0.15, -0.1) is 0 Å². The van der Waals surface area contributed by atoms with Crippen LogP contribution in [0.5, 0.6) is 0 Å². The highest BCUT2D eigenvalue weighted by Gasteiger charge is 2.14. The summed E-state index contributed by atoms with van der Waals surface area (Å²) in [5.41, 5.74) is 1.50. The molecule has 3 heterocycles. The maximum atomic E-state index is 12.3. The second kappa shape index (κ2) is 4.78. The zero-order chi connectivity index (χ0) is 14.1. The number of H-pyrrole nitrogens is 1. The van der Waals surface area contributed by atoms with Gasteiger partial charge in [-0.05, 0) is 18.6 Å². The highest BCUT2D eigenvalue weighted by Crippen LogP contribution is 2.16. The van der Waals surface area contributed by atoms with E-state index in [-0.39, 0.29) is 12.2 Å². The molecule has 102 valence electrons. The minimum atomic E-state index is -0.273. The SMILES string of the molecule is Cc1cc(-c2c[nH]n(-c3ccc(CO)cn3)c2=O)on1. The van der Waals surface area contributed by atoms with Crippen LogP contribution in [0.2, 0.25) is 0 Å². The van der Waals surface area contributed by atoms with Gasteiger partial charge in [-0.1, -0.05) is 11.2 Å². The van der Waals surface area contributed by atoms with Gasteiger partial charge in [0.1, 0.15) is 5.56 Å². The Morgan fingerprint density at radius 3 is 2.90 bits per heavy atom. The standard InChI is InChI=1S/C13H12N4O3/c1-8-4-11(20-16-8)10-6-15-17(13(10)19)12-3-2-9(7-18)5-14-12/h2-6,15,18H,7H2,1H3. The molecule has 0 radical (unpaired) electrons. The van der Waals surface area contributed by atoms with E-state index in [1.807, 2.05) is 0 Å². The maximum absolute atomic E-state index is 12.3. The predicted octanol–water partition coefficient (Wildman–Crippen LogP) is 1.02. The molecule has 0 aromatic carbocycles. The van der Waals surface area contributed by atoms with Crippen molar-refractivity contribution in [3.63, 3.8) is 0 Å². The van der Waals surface area contributed by atoms with Gasteiger partial charge in [0.05, 0.1) is 12.3 Å². The van der Waals surface area contributed by atoms with E-state index in [2.05, 4.69) is 15.2 Å². The number of aryl methyl sites for hydroxylation is 1. The maximum Gasteiger partial charge on any atom is 0.283 e. The third-order valence-electron chi connectivity index (χ3n) is 2.89. The summed E-state index contributed by atoms with van der Waals surface area (Å²) >= 11 is 0. The quantitative estimate of drug-likeness (QED) is 0.741. The van der Waals surface area contributed by atoms with E-state index in [0.29, 0.717) is 28.4 Å². The molecule has 0 bridgehead atoms. The van der Waals surface area contributed by atoms with Crippen LogP contribution in [0.4, 0.5) is 0 Å². The van der Waals surface area contributed by atoms with Crippen LogP contribution in [0, 0.1) is 6.92 Å². The molecule has 0 aliphatic carbocycles. The number of aromatic nitrogens is 4. The number of pyridine rings is 1. The Morgan fingerprint density at radius 2 is 2.30 bits per heavy atom. The average Bonchev–Trinajstić information content (AvgIpc) is 3.05. The average molecular weight is 272 g/mol. The molecule has 3 aromatic rings. The van der Waals surface area contributed by atoms with Crippen molar-refractivity contribution >= 4 is 0 Å². The molecule has 20 heavy (non-hydrogen) atoms. The molecular formula is C13H12N4O3. The minimum Gasteiger partial charge on any atom is -0.392 e. The molecule has 0 aliphatic rings. The molecular weight excluding hydrogens is 260 g/mol. The Kier molecular flexibility index (Phi) is 2.96. The van der Waals surface area contributed by atoms with Gasteiger partial charge in [-0.2, -0.15) is 0 Å². The lowest BCUT2D eigenvalue weighted by Crippen LogP contribution is -2.16. The first-order valence-corrected chi connectivity index (χ1v) is 5.99. The third kappa shape index (κ3) is 2.04. The van der Waals surface area contributed by atoms with Crippen molar-refractivity contribution in [2.45, 2.75) is 13.5 Å². The van der Waals surface area contributed by atoms with Crippen LogP contribution in [0.25, 0.3) is 17.1 Å². The highest BCUT2D eigenvalue weighted by atomic mass is 16.5. The highest BCUT2D eigenvalue weighted by molar-refractivity contribution is 5.55. The molecule has 3 rings (SSSR count). The minimum absolute atomic E-state index is 0.0878. The summed E-state index contributed by atoms with van der Waals surface area (Å²) in [7, 11) is 0. The number of aliphatic hydroxyl groups excluding tert-OH is 1. The number of hydrogen-bond acceptors (Lipinski definition) is 5. The van der Waals surface area contributed by atoms with Crippen LogP contribution < -0.4 is 5.56 Å². The molecule has 0 saturated heterocycles. The largest absolute Gasteiger partial charge is 0.392 e. The molecule has 7 heteroatoms. The van der Waals surface area contributed by atoms with E-state index in [9.17, 15) is 4.79 Å². The Labute approximate surface area is 113 Å². The first-order chi connectivity index (χ1) is 9.69. The van der Waals surface area contributed by atoms with Gasteiger partial charge in [0, 0.05) is 18.5 Å². The summed E-state index contributed by atoms with van der Waals surface area (Å²) in [6.45, 7) is 1.70. The van der Waals surface area contributed by atoms with Gasteiger partial charge < -0.3 is 9.63 Å². The van der Waals surface area contributed by atoms with E-state index in [1.165, 1.54) is 10.9 Å². The monoisotopic (exact) mass is 272 g/mol. The van der Waals surface area contributed by atoms with Gasteiger partial charge in [0.15, 0.2) is 11.6 Å². The molecule has 2 N–H and O–H groups in total. The molecule has 0 unspecified atom stereocenters. The van der Waals surface area contributed by atoms with Crippen molar-refractivity contribution in [3.8, 4) is 17.1 Å². The summed E-state index contributed by atoms with van der Waals surface area (Å²) < 4.78 is 6.38. The first kappa shape index (κ1) is 12.4. The Bertz CT molecular complexity index is 783. The van der Waals surface area contributed by atoms with Gasteiger partial charge in [-0.25, -0.2) is 9.67 Å². The summed E-state index contributed by atoms with van der Waals surface area (Å²) in [6.07, 6.45) is 3.06. The van der Waals surface area contributed by atoms with Crippen LogP contribution in [0.3, 0.4) is 0 Å². The van der Waals surface area contributed by atoms with Crippen LogP contribution in [-0.2, 0) is 6.61 Å². The zero-order valence-electron chi connectivity index (χ0n) is 10.7. The summed E-state index contributed by atoms with van der Waals surface area (Å²) in [6, 6.07) is 5.05. The van der Waals surface area contributed by atoms with E-state index >= 15 is 0 Å². The fraction of sp³-hybridized carbons (Fsp3) is 0.154. The molecule has 0 atom stereocenters. The lowest BCUT2D eigenvalue weighted by atomic mass is 10.2. The fourth-order valence-electron chi connectivity index (χ4n) is 1.85. The summed E-state index contributed by atoms with van der Waals surface area (Å²) in [5.74, 6) is 0.851. The van der Waals surface area contributed by atoms with Crippen molar-refractivity contribution < 1.29 is 9.63 Å². The van der Waals surface area contributed by atoms with E-state index in [0.717, 1.165) is 0 Å². The molecule has 0 aliphatic heterocycles. The van der Waals surface area contributed by atoms with E-state index < -0.39 is 0 Å². The van der Waals surface area contributed by atoms with Crippen LogP contribution in [-0.4, -0.2) is 25.0 Å². The lowest BCUT2D eigenvalue weighted by molar-refractivity contribution is 0.281. The molecule has 0 spiro atoms. The normalized spacial score (nSPS) is 10.9. The van der Waals surface area contributed by atoms with E-state index in [1.54, 1.807) is 31.3 Å². The zero-order valence-corrected chi connectivity index (χ0v) is 10.7. The van der Waals surface area contributed by atoms with Gasteiger partial charge >= 0.3 is 0 Å². The van der Waals surface area contributed by atoms with Gasteiger partial charge in [0.25, 0.3) is 5.56 Å². The third-order valence-corrected chi connectivity index (χ3v) is 2.89. The Balaban J connectivity index is 2.03. The number of rotatable bonds is 3. The number of nitrogens with zero attached hydrogens (tertiary/aromatic N) is 3. The van der Waals surface area contributed by atoms with Crippen LogP contribution >= 0.6 is 0 Å². The fourth-order valence-corrected chi connectivity index (χ4v) is 1.85. The van der Waals surface area contributed by atoms with Crippen molar-refractivity contribution in [3.05, 3.63) is 52.2 Å². The number of aliphatic hydroxyl groups is 1. The van der Waals surface area contributed by atoms with Gasteiger partial charge in [-0.3, -0.25) is 9.89 Å². The molecule has 0 fully saturated rings. The summed E-state index contributed by atoms with van der Waals surface area (Å²) in [5, 5.41) is 15.6. The Hall–Kier alpha value is -2.67. The number of aromatic amines is 1. The lowest BCUT2D eigenvalue weighted by Gasteiger charge is -2.00. The Morgan fingerprint density at radius 1 is 1.45 bits per heavy atom. The number of hydrogen-bond donors (Lipinski definition) is 2. The smallest absolute Gasteiger partial charge is 0.283 e. The van der Waals surface area contributed by atoms with Crippen LogP contribution in [0.15, 0.2) is 39.9 Å². The van der Waals surface area contributed by atoms with Crippen molar-refractivity contribution in [2.24, 2.45) is 0 Å². The molecule has 0 saturated carbocycles. The topological polar surface area (TPSA) is 96.9 Å². The van der Waals surface area contributed by atoms with Crippen molar-refractivity contribution in [1.29, 1.82) is 0 Å². The van der Waals surface area contributed by atoms with Gasteiger partial charge in [0.2, 0.25) is 0 Å². The van der Waals surface area contributed by atoms with Crippen molar-refractivity contribution in [2.75, 3.05) is 0 Å². The molecule has 0 amide bonds. The van der Waals surface area contributed by atoms with Crippen molar-refractivity contribution in [1.82, 2.24) is 19.9 Å². The predicted molar refractivity (Wildman–Crippen MR) is 70.3 cm³/mol. The second-order valence-electron chi connectivity index (χ2n) is 4.34. The summed E-state index contributed by atoms with van der Waals surface area (Å²) in [4.78, 5) is 16.4. The van der Waals surface area contributed by atoms with E-state index in [4.69, 9.17) is 9.63 Å². The molecule has 3 aromatic heterocycles. The second-order valence-corrected chi connectivity index (χ2v) is 4.34.